The summed E-state index contributed by atoms with van der Waals surface area (Å²) in [5.74, 6) is 1.84. The molecule has 0 saturated heterocycles. The van der Waals surface area contributed by atoms with E-state index in [1.165, 1.54) is 75.3 Å². The number of rotatable bonds is 3. The van der Waals surface area contributed by atoms with Crippen LogP contribution in [-0.4, -0.2) is 10.2 Å². The molecule has 2 fully saturated rings. The van der Waals surface area contributed by atoms with Gasteiger partial charge in [0.05, 0.1) is 0 Å². The summed E-state index contributed by atoms with van der Waals surface area (Å²) < 4.78 is 0. The van der Waals surface area contributed by atoms with Crippen molar-refractivity contribution in [2.75, 3.05) is 0 Å². The van der Waals surface area contributed by atoms with Gasteiger partial charge in [0.2, 0.25) is 0 Å². The largest absolute Gasteiger partial charge is 0.507 e. The van der Waals surface area contributed by atoms with E-state index in [2.05, 4.69) is 39.8 Å². The van der Waals surface area contributed by atoms with Crippen LogP contribution in [0.2, 0.25) is 0 Å². The zero-order valence-electron chi connectivity index (χ0n) is 19.3. The Kier molecular flexibility index (Phi) is 6.14. The van der Waals surface area contributed by atoms with Gasteiger partial charge >= 0.3 is 0 Å². The van der Waals surface area contributed by atoms with Crippen molar-refractivity contribution in [3.8, 4) is 22.6 Å². The highest BCUT2D eigenvalue weighted by atomic mass is 16.3. The molecule has 2 N–H and O–H groups in total. The number of benzene rings is 2. The molecule has 0 amide bonds. The molecule has 0 heterocycles. The Labute approximate surface area is 182 Å². The van der Waals surface area contributed by atoms with E-state index < -0.39 is 0 Å². The topological polar surface area (TPSA) is 40.5 Å². The van der Waals surface area contributed by atoms with E-state index in [4.69, 9.17) is 0 Å². The van der Waals surface area contributed by atoms with Crippen molar-refractivity contribution in [2.45, 2.75) is 104 Å². The SMILES string of the molecule is Cc1cc(C2CCCCC2)c(C)c(O)c1-c1c(C)cc(C2CCCCC2)c(C)c1O. The second-order valence-electron chi connectivity index (χ2n) is 9.93. The first kappa shape index (κ1) is 21.3. The van der Waals surface area contributed by atoms with Gasteiger partial charge in [0.15, 0.2) is 0 Å². The third kappa shape index (κ3) is 3.74. The molecule has 0 aromatic heterocycles. The van der Waals surface area contributed by atoms with Gasteiger partial charge in [-0.25, -0.2) is 0 Å². The number of aryl methyl sites for hydroxylation is 2. The maximum atomic E-state index is 11.3. The Morgan fingerprint density at radius 3 is 1.23 bits per heavy atom. The molecular formula is C28H38O2. The molecule has 30 heavy (non-hydrogen) atoms. The Morgan fingerprint density at radius 1 is 0.567 bits per heavy atom. The minimum atomic E-state index is 0.360. The maximum absolute atomic E-state index is 11.3. The van der Waals surface area contributed by atoms with Crippen LogP contribution in [0.3, 0.4) is 0 Å². The number of hydrogen-bond acceptors (Lipinski definition) is 2. The van der Waals surface area contributed by atoms with Crippen LogP contribution in [-0.2, 0) is 0 Å². The number of phenolic OH excluding ortho intramolecular Hbond substituents is 2. The molecule has 2 aromatic carbocycles. The van der Waals surface area contributed by atoms with Gasteiger partial charge in [-0.05, 0) is 98.6 Å². The van der Waals surface area contributed by atoms with E-state index in [0.717, 1.165) is 33.4 Å². The lowest BCUT2D eigenvalue weighted by molar-refractivity contribution is 0.433. The molecule has 4 rings (SSSR count). The average Bonchev–Trinajstić information content (AvgIpc) is 2.76. The van der Waals surface area contributed by atoms with Crippen LogP contribution in [0, 0.1) is 27.7 Å². The lowest BCUT2D eigenvalue weighted by Gasteiger charge is -2.28. The Morgan fingerprint density at radius 2 is 0.900 bits per heavy atom. The third-order valence-corrected chi connectivity index (χ3v) is 7.92. The van der Waals surface area contributed by atoms with Gasteiger partial charge in [0.25, 0.3) is 0 Å². The minimum Gasteiger partial charge on any atom is -0.507 e. The van der Waals surface area contributed by atoms with Gasteiger partial charge in [-0.1, -0.05) is 50.7 Å². The van der Waals surface area contributed by atoms with Gasteiger partial charge in [-0.15, -0.1) is 0 Å². The summed E-state index contributed by atoms with van der Waals surface area (Å²) in [6, 6.07) is 4.56. The molecule has 0 radical (unpaired) electrons. The molecule has 2 aliphatic carbocycles. The van der Waals surface area contributed by atoms with E-state index in [9.17, 15) is 10.2 Å². The highest BCUT2D eigenvalue weighted by molar-refractivity contribution is 5.84. The van der Waals surface area contributed by atoms with Crippen LogP contribution in [0.4, 0.5) is 0 Å². The summed E-state index contributed by atoms with van der Waals surface area (Å²) >= 11 is 0. The summed E-state index contributed by atoms with van der Waals surface area (Å²) in [7, 11) is 0. The third-order valence-electron chi connectivity index (χ3n) is 7.92. The molecule has 2 nitrogen and oxygen atoms in total. The summed E-state index contributed by atoms with van der Waals surface area (Å²) in [5.41, 5.74) is 8.39. The lowest BCUT2D eigenvalue weighted by atomic mass is 9.78. The summed E-state index contributed by atoms with van der Waals surface area (Å²) in [5, 5.41) is 22.6. The molecule has 2 heteroatoms. The maximum Gasteiger partial charge on any atom is 0.127 e. The minimum absolute atomic E-state index is 0.360. The molecule has 0 aliphatic heterocycles. The molecular weight excluding hydrogens is 368 g/mol. The zero-order chi connectivity index (χ0) is 21.4. The van der Waals surface area contributed by atoms with Gasteiger partial charge in [0.1, 0.15) is 11.5 Å². The molecule has 0 bridgehead atoms. The second kappa shape index (κ2) is 8.65. The smallest absolute Gasteiger partial charge is 0.127 e. The Balaban J connectivity index is 1.80. The van der Waals surface area contributed by atoms with Crippen molar-refractivity contribution in [1.29, 1.82) is 0 Å². The van der Waals surface area contributed by atoms with Crippen molar-refractivity contribution < 1.29 is 10.2 Å². The highest BCUT2D eigenvalue weighted by Gasteiger charge is 2.26. The lowest BCUT2D eigenvalue weighted by Crippen LogP contribution is -2.09. The van der Waals surface area contributed by atoms with Crippen molar-refractivity contribution in [2.24, 2.45) is 0 Å². The predicted octanol–water partition coefficient (Wildman–Crippen LogP) is 8.09. The van der Waals surface area contributed by atoms with Crippen LogP contribution < -0.4 is 0 Å². The molecule has 2 aromatic rings. The van der Waals surface area contributed by atoms with Crippen LogP contribution >= 0.6 is 0 Å². The summed E-state index contributed by atoms with van der Waals surface area (Å²) in [4.78, 5) is 0. The van der Waals surface area contributed by atoms with E-state index in [-0.39, 0.29) is 0 Å². The molecule has 2 saturated carbocycles. The van der Waals surface area contributed by atoms with Gasteiger partial charge in [0, 0.05) is 11.1 Å². The van der Waals surface area contributed by atoms with Gasteiger partial charge in [-0.2, -0.15) is 0 Å². The van der Waals surface area contributed by atoms with E-state index in [1.807, 2.05) is 0 Å². The van der Waals surface area contributed by atoms with E-state index >= 15 is 0 Å². The summed E-state index contributed by atoms with van der Waals surface area (Å²) in [6.07, 6.45) is 12.7. The van der Waals surface area contributed by atoms with Crippen LogP contribution in [0.25, 0.3) is 11.1 Å². The monoisotopic (exact) mass is 406 g/mol. The zero-order valence-corrected chi connectivity index (χ0v) is 19.3. The summed E-state index contributed by atoms with van der Waals surface area (Å²) in [6.45, 7) is 8.28. The second-order valence-corrected chi connectivity index (χ2v) is 9.93. The van der Waals surface area contributed by atoms with Gasteiger partial charge in [-0.3, -0.25) is 0 Å². The first-order valence-corrected chi connectivity index (χ1v) is 12.1. The predicted molar refractivity (Wildman–Crippen MR) is 126 cm³/mol. The van der Waals surface area contributed by atoms with Crippen molar-refractivity contribution in [3.63, 3.8) is 0 Å². The average molecular weight is 407 g/mol. The van der Waals surface area contributed by atoms with Crippen LogP contribution in [0.5, 0.6) is 11.5 Å². The molecule has 162 valence electrons. The normalized spacial score (nSPS) is 18.7. The molecule has 2 aliphatic rings. The molecule has 0 atom stereocenters. The van der Waals surface area contributed by atoms with Crippen molar-refractivity contribution in [3.05, 3.63) is 45.5 Å². The fourth-order valence-electron chi connectivity index (χ4n) is 6.16. The van der Waals surface area contributed by atoms with E-state index in [0.29, 0.717) is 23.3 Å². The van der Waals surface area contributed by atoms with Crippen molar-refractivity contribution >= 4 is 0 Å². The first-order valence-electron chi connectivity index (χ1n) is 12.1. The van der Waals surface area contributed by atoms with Crippen LogP contribution in [0.1, 0.15) is 109 Å². The van der Waals surface area contributed by atoms with Gasteiger partial charge < -0.3 is 10.2 Å². The fourth-order valence-corrected chi connectivity index (χ4v) is 6.16. The fraction of sp³-hybridized carbons (Fsp3) is 0.571. The van der Waals surface area contributed by atoms with E-state index in [1.54, 1.807) is 0 Å². The number of phenols is 2. The van der Waals surface area contributed by atoms with Crippen LogP contribution in [0.15, 0.2) is 12.1 Å². The quantitative estimate of drug-likeness (QED) is 0.540. The number of aromatic hydroxyl groups is 2. The first-order chi connectivity index (χ1) is 14.4. The standard InChI is InChI=1S/C28H38O2/c1-17-15-23(21-11-7-5-8-12-21)19(3)27(29)25(17)26-18(2)16-24(20(4)28(26)30)22-13-9-6-10-14-22/h15-16,21-22,29-30H,5-14H2,1-4H3. The highest BCUT2D eigenvalue weighted by Crippen LogP contribution is 2.48. The molecule has 0 spiro atoms. The van der Waals surface area contributed by atoms with Crippen molar-refractivity contribution in [1.82, 2.24) is 0 Å². The molecule has 0 unspecified atom stereocenters. The Hall–Kier alpha value is -1.96. The number of hydrogen-bond donors (Lipinski definition) is 2. The Bertz CT molecular complexity index is 851.